The van der Waals surface area contributed by atoms with Crippen LogP contribution in [0, 0.1) is 0 Å². The molecule has 2 aromatic rings. The maximum atomic E-state index is 13.4. The van der Waals surface area contributed by atoms with Gasteiger partial charge < -0.3 is 0 Å². The van der Waals surface area contributed by atoms with Crippen molar-refractivity contribution in [2.24, 2.45) is 0 Å². The molecular formula is C17H20AsCl2F3N4. The molecule has 27 heavy (non-hydrogen) atoms. The van der Waals surface area contributed by atoms with E-state index in [0.29, 0.717) is 22.3 Å². The van der Waals surface area contributed by atoms with E-state index in [0.717, 1.165) is 17.8 Å². The first-order chi connectivity index (χ1) is 12.6. The van der Waals surface area contributed by atoms with Crippen molar-refractivity contribution >= 4 is 55.3 Å². The first-order valence-electron chi connectivity index (χ1n) is 8.10. The number of aromatic nitrogens is 2. The van der Waals surface area contributed by atoms with Gasteiger partial charge in [0.2, 0.25) is 0 Å². The summed E-state index contributed by atoms with van der Waals surface area (Å²) in [4.78, 5) is 9.44. The van der Waals surface area contributed by atoms with Crippen LogP contribution in [0.25, 0.3) is 0 Å². The van der Waals surface area contributed by atoms with E-state index >= 15 is 0 Å². The Hall–Kier alpha value is -1.17. The molecule has 1 N–H and O–H groups in total. The Balaban J connectivity index is 2.28. The molecule has 0 fully saturated rings. The molecule has 0 saturated carbocycles. The van der Waals surface area contributed by atoms with Gasteiger partial charge in [-0.2, -0.15) is 0 Å². The monoisotopic (exact) mass is 482 g/mol. The number of nitrogens with one attached hydrogen (secondary N) is 1. The Labute approximate surface area is 171 Å². The van der Waals surface area contributed by atoms with Gasteiger partial charge in [0.1, 0.15) is 0 Å². The summed E-state index contributed by atoms with van der Waals surface area (Å²) in [6.07, 6.45) is -2.89. The van der Waals surface area contributed by atoms with Crippen molar-refractivity contribution < 1.29 is 13.2 Å². The summed E-state index contributed by atoms with van der Waals surface area (Å²) in [7, 11) is 1.61. The molecule has 0 aliphatic carbocycles. The molecular weight excluding hydrogens is 463 g/mol. The Morgan fingerprint density at radius 3 is 2.48 bits per heavy atom. The van der Waals surface area contributed by atoms with Crippen LogP contribution >= 0.6 is 23.2 Å². The molecule has 0 aliphatic rings. The summed E-state index contributed by atoms with van der Waals surface area (Å²) in [6, 6.07) is 4.78. The molecule has 0 atom stereocenters. The minimum atomic E-state index is -4.53. The number of hydrogen-bond donors (Lipinski definition) is 1. The second-order valence-electron chi connectivity index (χ2n) is 6.26. The third-order valence-corrected chi connectivity index (χ3v) is 6.99. The van der Waals surface area contributed by atoms with Crippen LogP contribution in [-0.2, 0) is 6.18 Å². The van der Waals surface area contributed by atoms with Gasteiger partial charge in [0.25, 0.3) is 0 Å². The molecule has 0 amide bonds. The summed E-state index contributed by atoms with van der Waals surface area (Å²) in [5, 5.41) is 4.64. The van der Waals surface area contributed by atoms with Gasteiger partial charge in [-0.15, -0.1) is 0 Å². The molecule has 0 unspecified atom stereocenters. The zero-order valence-corrected chi connectivity index (χ0v) is 18.5. The normalized spacial score (nSPS) is 11.7. The maximum absolute atomic E-state index is 13.4. The van der Waals surface area contributed by atoms with Crippen molar-refractivity contribution in [3.05, 3.63) is 40.0 Å². The van der Waals surface area contributed by atoms with Crippen LogP contribution < -0.4 is 10.2 Å². The summed E-state index contributed by atoms with van der Waals surface area (Å²) < 4.78 is 40.1. The van der Waals surface area contributed by atoms with Gasteiger partial charge in [-0.25, -0.2) is 0 Å². The second kappa shape index (κ2) is 9.35. The Morgan fingerprint density at radius 1 is 1.19 bits per heavy atom. The number of nitrogens with zero attached hydrogens (tertiary/aromatic N) is 3. The van der Waals surface area contributed by atoms with Crippen molar-refractivity contribution in [2.75, 3.05) is 23.8 Å². The van der Waals surface area contributed by atoms with Crippen LogP contribution in [-0.4, -0.2) is 38.2 Å². The van der Waals surface area contributed by atoms with E-state index < -0.39 is 26.4 Å². The topological polar surface area (TPSA) is 41.1 Å². The zero-order chi connectivity index (χ0) is 20.2. The van der Waals surface area contributed by atoms with E-state index in [1.807, 2.05) is 0 Å². The van der Waals surface area contributed by atoms with Gasteiger partial charge in [0, 0.05) is 0 Å². The average molecular weight is 483 g/mol. The molecule has 0 aliphatic heterocycles. The van der Waals surface area contributed by atoms with Crippen molar-refractivity contribution in [3.63, 3.8) is 0 Å². The van der Waals surface area contributed by atoms with E-state index in [1.54, 1.807) is 25.2 Å². The molecule has 2 rings (SSSR count). The third kappa shape index (κ3) is 6.44. The molecule has 1 heterocycles. The second-order valence-corrected chi connectivity index (χ2v) is 12.5. The number of anilines is 3. The van der Waals surface area contributed by atoms with Crippen LogP contribution in [0.2, 0.25) is 26.7 Å². The van der Waals surface area contributed by atoms with E-state index in [-0.39, 0.29) is 11.8 Å². The van der Waals surface area contributed by atoms with E-state index in [4.69, 9.17) is 23.2 Å². The van der Waals surface area contributed by atoms with Crippen LogP contribution in [0.3, 0.4) is 0 Å². The number of hydrogen-bond acceptors (Lipinski definition) is 4. The van der Waals surface area contributed by atoms with Crippen LogP contribution in [0.5, 0.6) is 0 Å². The van der Waals surface area contributed by atoms with Gasteiger partial charge in [0.15, 0.2) is 0 Å². The van der Waals surface area contributed by atoms with Gasteiger partial charge in [-0.3, -0.25) is 0 Å². The predicted octanol–water partition coefficient (Wildman–Crippen LogP) is 6.13. The van der Waals surface area contributed by atoms with E-state index in [9.17, 15) is 13.2 Å². The van der Waals surface area contributed by atoms with Crippen LogP contribution in [0.15, 0.2) is 24.4 Å². The van der Waals surface area contributed by atoms with Crippen molar-refractivity contribution in [2.45, 2.75) is 29.2 Å². The van der Waals surface area contributed by atoms with Gasteiger partial charge in [-0.05, 0) is 0 Å². The van der Waals surface area contributed by atoms with Crippen molar-refractivity contribution in [3.8, 4) is 0 Å². The van der Waals surface area contributed by atoms with Crippen LogP contribution in [0.1, 0.15) is 12.0 Å². The molecule has 10 heteroatoms. The van der Waals surface area contributed by atoms with Crippen LogP contribution in [0.4, 0.5) is 30.6 Å². The Bertz CT molecular complexity index is 787. The average Bonchev–Trinajstić information content (AvgIpc) is 2.56. The number of benzene rings is 1. The quantitative estimate of drug-likeness (QED) is 0.482. The van der Waals surface area contributed by atoms with E-state index in [1.165, 1.54) is 4.90 Å². The first kappa shape index (κ1) is 22.1. The Kier molecular flexibility index (Phi) is 7.66. The van der Waals surface area contributed by atoms with E-state index in [2.05, 4.69) is 26.7 Å². The fourth-order valence-corrected chi connectivity index (χ4v) is 4.28. The first-order valence-corrected chi connectivity index (χ1v) is 13.9. The predicted molar refractivity (Wildman–Crippen MR) is 107 cm³/mol. The molecule has 0 spiro atoms. The SMILES string of the molecule is CN(CCC[As](C)C)c1nc(Nc2ccc(Cl)c(Cl)c2)ncc1C(F)(F)F. The van der Waals surface area contributed by atoms with Crippen molar-refractivity contribution in [1.29, 1.82) is 0 Å². The Morgan fingerprint density at radius 2 is 1.89 bits per heavy atom. The minimum absolute atomic E-state index is 0.0574. The number of halogens is 5. The third-order valence-electron chi connectivity index (χ3n) is 3.71. The molecule has 1 aromatic carbocycles. The zero-order valence-electron chi connectivity index (χ0n) is 15.1. The molecule has 0 saturated heterocycles. The molecule has 1 aromatic heterocycles. The van der Waals surface area contributed by atoms with Crippen molar-refractivity contribution in [1.82, 2.24) is 9.97 Å². The fourth-order valence-electron chi connectivity index (χ4n) is 2.36. The number of alkyl halides is 3. The molecule has 0 radical (unpaired) electrons. The molecule has 0 bridgehead atoms. The standard InChI is InChI=1S/C17H20AsCl2F3N4/c1-18(2)7-4-8-27(3)15-12(17(21,22)23)10-24-16(26-15)25-11-5-6-13(19)14(20)9-11/h5-6,9-10H,4,7-8H2,1-3H3,(H,24,25,26). The summed E-state index contributed by atoms with van der Waals surface area (Å²) in [6.45, 7) is 0.499. The van der Waals surface area contributed by atoms with Gasteiger partial charge >= 0.3 is 160 Å². The number of rotatable bonds is 7. The van der Waals surface area contributed by atoms with Gasteiger partial charge in [-0.1, -0.05) is 11.6 Å². The summed E-state index contributed by atoms with van der Waals surface area (Å²) in [5.74, 6) is -0.0896. The molecule has 148 valence electrons. The fraction of sp³-hybridized carbons (Fsp3) is 0.412. The summed E-state index contributed by atoms with van der Waals surface area (Å²) in [5.41, 5.74) is 4.12. The molecule has 4 nitrogen and oxygen atoms in total. The van der Waals surface area contributed by atoms with Gasteiger partial charge in [0.05, 0.1) is 0 Å². The summed E-state index contributed by atoms with van der Waals surface area (Å²) >= 11 is 11.0.